The second-order valence-electron chi connectivity index (χ2n) is 6.32. The maximum absolute atomic E-state index is 14.3. The molecule has 28 heavy (non-hydrogen) atoms. The van der Waals surface area contributed by atoms with Crippen LogP contribution in [0.25, 0.3) is 10.2 Å². The minimum atomic E-state index is -0.904. The van der Waals surface area contributed by atoms with E-state index in [1.807, 2.05) is 25.1 Å². The van der Waals surface area contributed by atoms with Gasteiger partial charge in [-0.3, -0.25) is 14.7 Å². The van der Waals surface area contributed by atoms with Crippen LogP contribution in [-0.2, 0) is 6.54 Å². The molecule has 4 aromatic rings. The summed E-state index contributed by atoms with van der Waals surface area (Å²) < 4.78 is 29.4. The third kappa shape index (κ3) is 3.48. The number of hydrogen-bond donors (Lipinski definition) is 0. The molecule has 4 nitrogen and oxygen atoms in total. The Bertz CT molecular complexity index is 1140. The molecule has 0 spiro atoms. The van der Waals surface area contributed by atoms with Crippen molar-refractivity contribution in [3.05, 3.63) is 89.2 Å². The van der Waals surface area contributed by atoms with Crippen molar-refractivity contribution in [1.29, 1.82) is 0 Å². The Morgan fingerprint density at radius 2 is 1.89 bits per heavy atom. The fraction of sp³-hybridized carbons (Fsp3) is 0.0952. The van der Waals surface area contributed by atoms with E-state index in [0.29, 0.717) is 5.13 Å². The number of anilines is 1. The molecule has 0 aliphatic rings. The predicted octanol–water partition coefficient (Wildman–Crippen LogP) is 5.12. The number of benzene rings is 2. The monoisotopic (exact) mass is 395 g/mol. The lowest BCUT2D eigenvalue weighted by Crippen LogP contribution is -2.32. The summed E-state index contributed by atoms with van der Waals surface area (Å²) in [6.07, 6.45) is 3.22. The highest BCUT2D eigenvalue weighted by molar-refractivity contribution is 7.22. The average Bonchev–Trinajstić information content (AvgIpc) is 3.09. The van der Waals surface area contributed by atoms with Crippen LogP contribution in [0.15, 0.2) is 60.9 Å². The number of fused-ring (bicyclic) bond motifs is 1. The van der Waals surface area contributed by atoms with Crippen LogP contribution in [-0.4, -0.2) is 15.9 Å². The number of halogens is 2. The zero-order valence-corrected chi connectivity index (χ0v) is 15.7. The standard InChI is InChI=1S/C21H15F2N3OS/c1-13-7-8-17-18(10-13)28-21(25-17)26(12-14-4-3-9-24-11-14)20(27)19-15(22)5-2-6-16(19)23/h2-11H,12H2,1H3. The fourth-order valence-electron chi connectivity index (χ4n) is 2.87. The number of aryl methyl sites for hydroxylation is 1. The quantitative estimate of drug-likeness (QED) is 0.482. The molecule has 0 aliphatic carbocycles. The normalized spacial score (nSPS) is 11.0. The first-order valence-corrected chi connectivity index (χ1v) is 9.36. The fourth-order valence-corrected chi connectivity index (χ4v) is 3.93. The molecule has 0 unspecified atom stereocenters. The first kappa shape index (κ1) is 18.2. The largest absolute Gasteiger partial charge is 0.279 e. The Labute approximate surface area is 164 Å². The van der Waals surface area contributed by atoms with E-state index >= 15 is 0 Å². The summed E-state index contributed by atoms with van der Waals surface area (Å²) in [6.45, 7) is 2.06. The summed E-state index contributed by atoms with van der Waals surface area (Å²) in [7, 11) is 0. The molecular weight excluding hydrogens is 380 g/mol. The lowest BCUT2D eigenvalue weighted by molar-refractivity contribution is 0.0977. The van der Waals surface area contributed by atoms with Gasteiger partial charge in [-0.2, -0.15) is 0 Å². The van der Waals surface area contributed by atoms with Crippen molar-refractivity contribution in [2.75, 3.05) is 4.90 Å². The van der Waals surface area contributed by atoms with Gasteiger partial charge >= 0.3 is 0 Å². The van der Waals surface area contributed by atoms with E-state index in [0.717, 1.165) is 33.5 Å². The van der Waals surface area contributed by atoms with Crippen LogP contribution in [0.4, 0.5) is 13.9 Å². The highest BCUT2D eigenvalue weighted by Gasteiger charge is 2.27. The second kappa shape index (κ2) is 7.44. The zero-order chi connectivity index (χ0) is 19.7. The lowest BCUT2D eigenvalue weighted by Gasteiger charge is -2.20. The molecule has 0 bridgehead atoms. The summed E-state index contributed by atoms with van der Waals surface area (Å²) in [4.78, 5) is 23.0. The van der Waals surface area contributed by atoms with Gasteiger partial charge < -0.3 is 0 Å². The van der Waals surface area contributed by atoms with E-state index in [2.05, 4.69) is 9.97 Å². The van der Waals surface area contributed by atoms with E-state index in [9.17, 15) is 13.6 Å². The van der Waals surface area contributed by atoms with Gasteiger partial charge in [-0.25, -0.2) is 13.8 Å². The average molecular weight is 395 g/mol. The maximum atomic E-state index is 14.3. The maximum Gasteiger partial charge on any atom is 0.266 e. The third-order valence-electron chi connectivity index (χ3n) is 4.25. The first-order chi connectivity index (χ1) is 13.5. The SMILES string of the molecule is Cc1ccc2nc(N(Cc3cccnc3)C(=O)c3c(F)cccc3F)sc2c1. The number of amides is 1. The van der Waals surface area contributed by atoms with Crippen LogP contribution in [0.3, 0.4) is 0 Å². The van der Waals surface area contributed by atoms with Crippen molar-refractivity contribution in [3.8, 4) is 0 Å². The zero-order valence-electron chi connectivity index (χ0n) is 14.9. The van der Waals surface area contributed by atoms with E-state index in [1.54, 1.807) is 24.5 Å². The van der Waals surface area contributed by atoms with Crippen LogP contribution >= 0.6 is 11.3 Å². The van der Waals surface area contributed by atoms with Crippen LogP contribution in [0, 0.1) is 18.6 Å². The van der Waals surface area contributed by atoms with Crippen LogP contribution < -0.4 is 4.90 Å². The Kier molecular flexibility index (Phi) is 4.83. The number of nitrogens with zero attached hydrogens (tertiary/aromatic N) is 3. The van der Waals surface area contributed by atoms with Gasteiger partial charge in [0, 0.05) is 12.4 Å². The highest BCUT2D eigenvalue weighted by Crippen LogP contribution is 2.32. The Hall–Kier alpha value is -3.19. The smallest absolute Gasteiger partial charge is 0.266 e. The summed E-state index contributed by atoms with van der Waals surface area (Å²) >= 11 is 1.30. The first-order valence-electron chi connectivity index (χ1n) is 8.55. The summed E-state index contributed by atoms with van der Waals surface area (Å²) in [5.74, 6) is -2.59. The van der Waals surface area contributed by atoms with E-state index in [4.69, 9.17) is 0 Å². The molecule has 7 heteroatoms. The summed E-state index contributed by atoms with van der Waals surface area (Å²) in [5, 5.41) is 0.372. The summed E-state index contributed by atoms with van der Waals surface area (Å²) in [5.41, 5.74) is 1.92. The number of carbonyl (C=O) groups is 1. The van der Waals surface area contributed by atoms with Gasteiger partial charge in [0.05, 0.1) is 16.8 Å². The predicted molar refractivity (Wildman–Crippen MR) is 105 cm³/mol. The van der Waals surface area contributed by atoms with E-state index in [1.165, 1.54) is 22.3 Å². The van der Waals surface area contributed by atoms with E-state index in [-0.39, 0.29) is 6.54 Å². The molecule has 0 saturated carbocycles. The van der Waals surface area contributed by atoms with E-state index < -0.39 is 23.1 Å². The van der Waals surface area contributed by atoms with Crippen molar-refractivity contribution < 1.29 is 13.6 Å². The summed E-state index contributed by atoms with van der Waals surface area (Å²) in [6, 6.07) is 12.7. The Balaban J connectivity index is 1.82. The molecule has 0 fully saturated rings. The minimum absolute atomic E-state index is 0.0965. The van der Waals surface area contributed by atoms with Crippen molar-refractivity contribution in [3.63, 3.8) is 0 Å². The lowest BCUT2D eigenvalue weighted by atomic mass is 10.1. The number of aromatic nitrogens is 2. The molecule has 140 valence electrons. The molecule has 2 heterocycles. The van der Waals surface area contributed by atoms with Gasteiger partial charge in [-0.05, 0) is 48.4 Å². The molecule has 0 aliphatic heterocycles. The number of thiazole rings is 1. The van der Waals surface area contributed by atoms with Gasteiger partial charge in [0.1, 0.15) is 17.2 Å². The molecule has 4 rings (SSSR count). The van der Waals surface area contributed by atoms with Crippen molar-refractivity contribution in [2.24, 2.45) is 0 Å². The van der Waals surface area contributed by atoms with Gasteiger partial charge in [0.2, 0.25) is 0 Å². The molecule has 0 radical (unpaired) electrons. The van der Waals surface area contributed by atoms with Gasteiger partial charge in [-0.1, -0.05) is 29.5 Å². The van der Waals surface area contributed by atoms with Crippen LogP contribution in [0.1, 0.15) is 21.5 Å². The molecule has 2 aromatic heterocycles. The third-order valence-corrected chi connectivity index (χ3v) is 5.29. The topological polar surface area (TPSA) is 46.1 Å². The van der Waals surface area contributed by atoms with Crippen molar-refractivity contribution in [2.45, 2.75) is 13.5 Å². The minimum Gasteiger partial charge on any atom is -0.279 e. The molecule has 0 N–H and O–H groups in total. The highest BCUT2D eigenvalue weighted by atomic mass is 32.1. The molecule has 1 amide bonds. The Morgan fingerprint density at radius 3 is 2.61 bits per heavy atom. The second-order valence-corrected chi connectivity index (χ2v) is 7.33. The molecular formula is C21H15F2N3OS. The molecule has 0 saturated heterocycles. The van der Waals surface area contributed by atoms with Crippen LogP contribution in [0.5, 0.6) is 0 Å². The molecule has 0 atom stereocenters. The number of pyridine rings is 1. The van der Waals surface area contributed by atoms with Gasteiger partial charge in [0.15, 0.2) is 5.13 Å². The number of rotatable bonds is 4. The van der Waals surface area contributed by atoms with Gasteiger partial charge in [-0.15, -0.1) is 0 Å². The van der Waals surface area contributed by atoms with Gasteiger partial charge in [0.25, 0.3) is 5.91 Å². The van der Waals surface area contributed by atoms with Crippen molar-refractivity contribution >= 4 is 32.6 Å². The molecule has 2 aromatic carbocycles. The van der Waals surface area contributed by atoms with Crippen LogP contribution in [0.2, 0.25) is 0 Å². The number of carbonyl (C=O) groups excluding carboxylic acids is 1. The Morgan fingerprint density at radius 1 is 1.11 bits per heavy atom. The number of hydrogen-bond acceptors (Lipinski definition) is 4. The van der Waals surface area contributed by atoms with Crippen molar-refractivity contribution in [1.82, 2.24) is 9.97 Å².